The summed E-state index contributed by atoms with van der Waals surface area (Å²) in [7, 11) is 0. The number of rotatable bonds is 0. The van der Waals surface area contributed by atoms with E-state index in [-0.39, 0.29) is 129 Å². The molecule has 0 aromatic rings. The number of hydrogen-bond acceptors (Lipinski definition) is 0. The second-order valence-corrected chi connectivity index (χ2v) is 0. The monoisotopic (exact) mass is 92.0 g/mol. The summed E-state index contributed by atoms with van der Waals surface area (Å²) in [6.07, 6.45) is 0. The minimum atomic E-state index is 0. The Bertz CT molecular complexity index is 6.00. The third-order valence-electron chi connectivity index (χ3n) is 0. The summed E-state index contributed by atoms with van der Waals surface area (Å²) in [5.74, 6) is 0. The molecule has 4 valence electrons. The molecular formula is KLiNa2. The summed E-state index contributed by atoms with van der Waals surface area (Å²) in [5.41, 5.74) is 0. The van der Waals surface area contributed by atoms with Crippen molar-refractivity contribution < 1.29 is 0 Å². The predicted molar refractivity (Wildman–Crippen MR) is 23.0 cm³/mol. The van der Waals surface area contributed by atoms with Crippen molar-refractivity contribution in [3.05, 3.63) is 0 Å². The van der Waals surface area contributed by atoms with Gasteiger partial charge in [0.05, 0.1) is 0 Å². The first-order valence-corrected chi connectivity index (χ1v) is 0. The Morgan fingerprint density at radius 3 is 0.750 bits per heavy atom. The molecule has 4 radical (unpaired) electrons. The van der Waals surface area contributed by atoms with Crippen molar-refractivity contribution in [3.63, 3.8) is 0 Å². The van der Waals surface area contributed by atoms with Crippen molar-refractivity contribution in [1.82, 2.24) is 0 Å². The zero-order valence-corrected chi connectivity index (χ0v) is 11.1. The molecule has 0 atom stereocenters. The Kier molecular flexibility index (Phi) is 94.2. The van der Waals surface area contributed by atoms with Gasteiger partial charge in [0.15, 0.2) is 0 Å². The average molecular weight is 92.0 g/mol. The van der Waals surface area contributed by atoms with E-state index < -0.39 is 0 Å². The Balaban J connectivity index is 0. The van der Waals surface area contributed by atoms with Crippen LogP contribution in [0.2, 0.25) is 0 Å². The van der Waals surface area contributed by atoms with E-state index in [0.29, 0.717) is 0 Å². The minimum Gasteiger partial charge on any atom is 0 e. The van der Waals surface area contributed by atoms with E-state index in [4.69, 9.17) is 0 Å². The van der Waals surface area contributed by atoms with Crippen LogP contribution >= 0.6 is 0 Å². The summed E-state index contributed by atoms with van der Waals surface area (Å²) in [5, 5.41) is 0. The van der Waals surface area contributed by atoms with Crippen molar-refractivity contribution in [2.45, 2.75) is 0 Å². The first-order valence-electron chi connectivity index (χ1n) is 0. The van der Waals surface area contributed by atoms with Gasteiger partial charge in [-0.15, -0.1) is 0 Å². The van der Waals surface area contributed by atoms with Crippen molar-refractivity contribution >= 4 is 129 Å². The van der Waals surface area contributed by atoms with E-state index in [9.17, 15) is 0 Å². The molecule has 0 nitrogen and oxygen atoms in total. The van der Waals surface area contributed by atoms with Gasteiger partial charge in [0, 0.05) is 129 Å². The summed E-state index contributed by atoms with van der Waals surface area (Å²) >= 11 is 0. The third kappa shape index (κ3) is 9.53. The van der Waals surface area contributed by atoms with Crippen LogP contribution in [0.15, 0.2) is 0 Å². The zero-order valence-electron chi connectivity index (χ0n) is 4.00. The van der Waals surface area contributed by atoms with Crippen molar-refractivity contribution in [3.8, 4) is 0 Å². The van der Waals surface area contributed by atoms with Gasteiger partial charge in [0.1, 0.15) is 0 Å². The normalized spacial score (nSPS) is 0. The Hall–Kier alpha value is 4.23. The first-order chi connectivity index (χ1) is 0. The Morgan fingerprint density at radius 2 is 0.750 bits per heavy atom. The fraction of sp³-hybridized carbons (Fsp3) is 0. The number of hydrogen-bond donors (Lipinski definition) is 0. The van der Waals surface area contributed by atoms with E-state index in [1.54, 1.807) is 0 Å². The van der Waals surface area contributed by atoms with Crippen LogP contribution < -0.4 is 0 Å². The molecule has 0 aliphatic heterocycles. The fourth-order valence-electron chi connectivity index (χ4n) is 0. The molecule has 0 aliphatic carbocycles. The molecule has 0 aromatic heterocycles. The maximum atomic E-state index is 0. The summed E-state index contributed by atoms with van der Waals surface area (Å²) in [6, 6.07) is 0. The van der Waals surface area contributed by atoms with Crippen molar-refractivity contribution in [2.24, 2.45) is 0 Å². The van der Waals surface area contributed by atoms with Gasteiger partial charge in [0.25, 0.3) is 0 Å². The molecule has 4 heteroatoms. The predicted octanol–water partition coefficient (Wildman–Crippen LogP) is -1.52. The van der Waals surface area contributed by atoms with Gasteiger partial charge in [-0.3, -0.25) is 0 Å². The van der Waals surface area contributed by atoms with Gasteiger partial charge in [-0.1, -0.05) is 0 Å². The van der Waals surface area contributed by atoms with Crippen LogP contribution in [0.1, 0.15) is 0 Å². The van der Waals surface area contributed by atoms with E-state index in [1.165, 1.54) is 0 Å². The van der Waals surface area contributed by atoms with Crippen LogP contribution in [0.5, 0.6) is 0 Å². The average Bonchev–Trinajstić information content (AvgIpc) is 0. The van der Waals surface area contributed by atoms with Crippen molar-refractivity contribution in [2.75, 3.05) is 0 Å². The van der Waals surface area contributed by atoms with E-state index in [2.05, 4.69) is 0 Å². The first kappa shape index (κ1) is 24.0. The minimum absolute atomic E-state index is 0. The van der Waals surface area contributed by atoms with Crippen LogP contribution in [0, 0.1) is 0 Å². The van der Waals surface area contributed by atoms with Crippen LogP contribution in [0.4, 0.5) is 0 Å². The van der Waals surface area contributed by atoms with Gasteiger partial charge < -0.3 is 0 Å². The molecule has 0 fully saturated rings. The Labute approximate surface area is 125 Å². The maximum absolute atomic E-state index is 0. The van der Waals surface area contributed by atoms with Gasteiger partial charge in [-0.05, 0) is 0 Å². The van der Waals surface area contributed by atoms with Gasteiger partial charge in [0.2, 0.25) is 0 Å². The second-order valence-electron chi connectivity index (χ2n) is 0. The molecular weight excluding hydrogens is 92.0 g/mol. The standard InChI is InChI=1S/K.Li.2Na. The van der Waals surface area contributed by atoms with Crippen LogP contribution in [-0.4, -0.2) is 129 Å². The quantitative estimate of drug-likeness (QED) is 0.318. The molecule has 0 spiro atoms. The van der Waals surface area contributed by atoms with Crippen molar-refractivity contribution in [1.29, 1.82) is 0 Å². The van der Waals surface area contributed by atoms with E-state index in [1.807, 2.05) is 0 Å². The molecule has 0 aliphatic rings. The molecule has 0 amide bonds. The molecule has 0 rings (SSSR count). The molecule has 0 bridgehead atoms. The van der Waals surface area contributed by atoms with E-state index in [0.717, 1.165) is 0 Å². The molecule has 0 heterocycles. The topological polar surface area (TPSA) is 0 Å². The zero-order chi connectivity index (χ0) is 0. The molecule has 0 aromatic carbocycles. The maximum Gasteiger partial charge on any atom is 0 e. The summed E-state index contributed by atoms with van der Waals surface area (Å²) < 4.78 is 0. The molecule has 0 N–H and O–H groups in total. The van der Waals surface area contributed by atoms with Crippen LogP contribution in [0.3, 0.4) is 0 Å². The second kappa shape index (κ2) is 15.7. The Morgan fingerprint density at radius 1 is 0.750 bits per heavy atom. The summed E-state index contributed by atoms with van der Waals surface area (Å²) in [4.78, 5) is 0. The van der Waals surface area contributed by atoms with E-state index >= 15 is 0 Å². The largest absolute Gasteiger partial charge is 0 e. The SMILES string of the molecule is [K].[Li].[Na].[Na]. The van der Waals surface area contributed by atoms with Gasteiger partial charge >= 0.3 is 0 Å². The molecule has 0 unspecified atom stereocenters. The van der Waals surface area contributed by atoms with Gasteiger partial charge in [-0.25, -0.2) is 0 Å². The smallest absolute Gasteiger partial charge is 0 e. The van der Waals surface area contributed by atoms with Crippen LogP contribution in [-0.2, 0) is 0 Å². The molecule has 0 saturated heterocycles. The third-order valence-corrected chi connectivity index (χ3v) is 0. The summed E-state index contributed by atoms with van der Waals surface area (Å²) in [6.45, 7) is 0. The molecule has 4 heavy (non-hydrogen) atoms. The van der Waals surface area contributed by atoms with Crippen LogP contribution in [0.25, 0.3) is 0 Å². The fourth-order valence-corrected chi connectivity index (χ4v) is 0. The van der Waals surface area contributed by atoms with Gasteiger partial charge in [-0.2, -0.15) is 0 Å². The molecule has 0 saturated carbocycles.